The lowest BCUT2D eigenvalue weighted by atomic mass is 10.2. The number of sulfonamides is 1. The van der Waals surface area contributed by atoms with E-state index in [9.17, 15) is 8.42 Å². The van der Waals surface area contributed by atoms with Gasteiger partial charge in [-0.15, -0.1) is 0 Å². The van der Waals surface area contributed by atoms with Crippen LogP contribution in [0.25, 0.3) is 0 Å². The first-order valence-corrected chi connectivity index (χ1v) is 7.90. The van der Waals surface area contributed by atoms with Crippen LogP contribution in [-0.4, -0.2) is 18.0 Å². The first-order chi connectivity index (χ1) is 8.42. The molecule has 0 radical (unpaired) electrons. The van der Waals surface area contributed by atoms with E-state index in [1.54, 1.807) is 7.05 Å². The van der Waals surface area contributed by atoms with Crippen LogP contribution >= 0.6 is 22.9 Å². The van der Waals surface area contributed by atoms with Crippen molar-refractivity contribution in [2.45, 2.75) is 18.5 Å². The fraction of sp³-hybridized carbons (Fsp3) is 0.300. The van der Waals surface area contributed by atoms with Gasteiger partial charge in [-0.25, -0.2) is 18.1 Å². The summed E-state index contributed by atoms with van der Waals surface area (Å²) >= 11 is 7.41. The summed E-state index contributed by atoms with van der Waals surface area (Å²) in [7, 11) is -2.04. The number of hydrogen-bond acceptors (Lipinski definition) is 4. The number of rotatable bonds is 4. The average Bonchev–Trinajstić information content (AvgIpc) is 2.85. The van der Waals surface area contributed by atoms with Gasteiger partial charge in [-0.3, -0.25) is 0 Å². The van der Waals surface area contributed by atoms with E-state index in [2.05, 4.69) is 9.71 Å². The lowest BCUT2D eigenvalue weighted by Crippen LogP contribution is -2.24. The van der Waals surface area contributed by atoms with Crippen LogP contribution in [0.1, 0.15) is 11.1 Å². The highest BCUT2D eigenvalue weighted by Gasteiger charge is 2.22. The average molecular weight is 306 g/mol. The summed E-state index contributed by atoms with van der Waals surface area (Å²) < 4.78 is 28.0. The normalized spacial score (nSPS) is 11.9. The molecule has 2 rings (SSSR count). The molecule has 0 unspecified atom stereocenters. The molecule has 0 saturated heterocycles. The van der Waals surface area contributed by atoms with Crippen molar-refractivity contribution in [3.05, 3.63) is 33.4 Å². The number of halogens is 1. The van der Waals surface area contributed by atoms with E-state index in [0.29, 0.717) is 0 Å². The van der Waals surface area contributed by atoms with E-state index >= 15 is 0 Å². The molecule has 0 spiro atoms. The third-order valence-corrected chi connectivity index (χ3v) is 5.30. The zero-order valence-electron chi connectivity index (χ0n) is 9.84. The monoisotopic (exact) mass is 305 g/mol. The Morgan fingerprint density at radius 1 is 1.50 bits per heavy atom. The highest BCUT2D eigenvalue weighted by Crippen LogP contribution is 2.19. The molecular weight excluding hydrogens is 294 g/mol. The molecule has 5 nitrogen and oxygen atoms in total. The van der Waals surface area contributed by atoms with E-state index in [1.165, 1.54) is 22.2 Å². The number of aryl methyl sites for hydroxylation is 2. The Bertz CT molecular complexity index is 660. The molecule has 0 aliphatic carbocycles. The van der Waals surface area contributed by atoms with Gasteiger partial charge in [0.05, 0.1) is 6.33 Å². The van der Waals surface area contributed by atoms with Gasteiger partial charge in [0.15, 0.2) is 0 Å². The van der Waals surface area contributed by atoms with Crippen molar-refractivity contribution in [1.82, 2.24) is 14.3 Å². The van der Waals surface area contributed by atoms with Gasteiger partial charge in [0, 0.05) is 13.6 Å². The van der Waals surface area contributed by atoms with Crippen molar-refractivity contribution in [3.8, 4) is 0 Å². The predicted octanol–water partition coefficient (Wildman–Crippen LogP) is 1.92. The van der Waals surface area contributed by atoms with E-state index in [0.717, 1.165) is 11.1 Å². The smallest absolute Gasteiger partial charge is 0.261 e. The largest absolute Gasteiger partial charge is 0.324 e. The highest BCUT2D eigenvalue weighted by molar-refractivity contribution is 7.89. The maximum atomic E-state index is 12.0. The number of thiophene rings is 1. The third-order valence-electron chi connectivity index (χ3n) is 2.50. The maximum Gasteiger partial charge on any atom is 0.261 e. The van der Waals surface area contributed by atoms with E-state index < -0.39 is 10.0 Å². The van der Waals surface area contributed by atoms with Crippen LogP contribution < -0.4 is 4.72 Å². The van der Waals surface area contributed by atoms with Crippen molar-refractivity contribution in [2.75, 3.05) is 0 Å². The van der Waals surface area contributed by atoms with Crippen molar-refractivity contribution in [1.29, 1.82) is 0 Å². The molecular formula is C10H12ClN3O2S2. The summed E-state index contributed by atoms with van der Waals surface area (Å²) in [6, 6.07) is 0. The number of nitrogens with one attached hydrogen (secondary N) is 1. The lowest BCUT2D eigenvalue weighted by molar-refractivity contribution is 0.578. The molecule has 0 atom stereocenters. The summed E-state index contributed by atoms with van der Waals surface area (Å²) in [4.78, 5) is 3.79. The second kappa shape index (κ2) is 5.00. The molecule has 2 heterocycles. The van der Waals surface area contributed by atoms with Crippen LogP contribution in [0.3, 0.4) is 0 Å². The van der Waals surface area contributed by atoms with Gasteiger partial charge >= 0.3 is 0 Å². The Morgan fingerprint density at radius 2 is 2.22 bits per heavy atom. The van der Waals surface area contributed by atoms with Gasteiger partial charge in [-0.1, -0.05) is 11.6 Å². The molecule has 2 aromatic heterocycles. The highest BCUT2D eigenvalue weighted by atomic mass is 35.5. The van der Waals surface area contributed by atoms with E-state index in [-0.39, 0.29) is 16.7 Å². The maximum absolute atomic E-state index is 12.0. The molecule has 0 bridgehead atoms. The van der Waals surface area contributed by atoms with E-state index in [4.69, 9.17) is 11.6 Å². The zero-order valence-corrected chi connectivity index (χ0v) is 12.2. The standard InChI is InChI=1S/C10H12ClN3O2S2/c1-7-4-17-5-8(7)3-13-18(15,16)10-9(11)14(2)6-12-10/h4-6,13H,3H2,1-2H3. The van der Waals surface area contributed by atoms with Crippen molar-refractivity contribution in [2.24, 2.45) is 7.05 Å². The number of nitrogens with zero attached hydrogens (tertiary/aromatic N) is 2. The van der Waals surface area contributed by atoms with Crippen LogP contribution in [0, 0.1) is 6.92 Å². The molecule has 2 aromatic rings. The van der Waals surface area contributed by atoms with Gasteiger partial charge in [0.1, 0.15) is 5.15 Å². The van der Waals surface area contributed by atoms with E-state index in [1.807, 2.05) is 17.7 Å². The third kappa shape index (κ3) is 2.59. The molecule has 8 heteroatoms. The van der Waals surface area contributed by atoms with Crippen molar-refractivity contribution in [3.63, 3.8) is 0 Å². The minimum Gasteiger partial charge on any atom is -0.324 e. The van der Waals surface area contributed by atoms with Crippen molar-refractivity contribution < 1.29 is 8.42 Å². The molecule has 98 valence electrons. The first-order valence-electron chi connectivity index (χ1n) is 5.10. The molecule has 1 N–H and O–H groups in total. The molecule has 18 heavy (non-hydrogen) atoms. The predicted molar refractivity (Wildman–Crippen MR) is 71.3 cm³/mol. The molecule has 0 saturated carbocycles. The Hall–Kier alpha value is -0.890. The lowest BCUT2D eigenvalue weighted by Gasteiger charge is -2.04. The molecule has 0 aromatic carbocycles. The molecule has 0 amide bonds. The topological polar surface area (TPSA) is 64.0 Å². The second-order valence-corrected chi connectivity index (χ2v) is 6.64. The van der Waals surface area contributed by atoms with Gasteiger partial charge in [0.2, 0.25) is 5.03 Å². The van der Waals surface area contributed by atoms with Gasteiger partial charge < -0.3 is 4.57 Å². The Morgan fingerprint density at radius 3 is 2.72 bits per heavy atom. The Labute approximate surface area is 114 Å². The van der Waals surface area contributed by atoms with Crippen LogP contribution in [0.2, 0.25) is 5.15 Å². The first kappa shape index (κ1) is 13.5. The summed E-state index contributed by atoms with van der Waals surface area (Å²) in [6.07, 6.45) is 1.37. The molecule has 0 aliphatic rings. The molecule has 0 aliphatic heterocycles. The Balaban J connectivity index is 2.18. The molecule has 0 fully saturated rings. The minimum atomic E-state index is -3.67. The fourth-order valence-electron chi connectivity index (χ4n) is 1.38. The fourth-order valence-corrected chi connectivity index (χ4v) is 3.67. The number of aromatic nitrogens is 2. The summed E-state index contributed by atoms with van der Waals surface area (Å²) in [5.74, 6) is 0. The number of hydrogen-bond donors (Lipinski definition) is 1. The summed E-state index contributed by atoms with van der Waals surface area (Å²) in [5, 5.41) is 3.85. The quantitative estimate of drug-likeness (QED) is 0.938. The van der Waals surface area contributed by atoms with Crippen LogP contribution in [0.4, 0.5) is 0 Å². The zero-order chi connectivity index (χ0) is 13.3. The van der Waals surface area contributed by atoms with Gasteiger partial charge in [0.25, 0.3) is 10.0 Å². The second-order valence-electron chi connectivity index (χ2n) is 3.86. The van der Waals surface area contributed by atoms with Gasteiger partial charge in [-0.2, -0.15) is 11.3 Å². The Kier molecular flexibility index (Phi) is 3.76. The summed E-state index contributed by atoms with van der Waals surface area (Å²) in [6.45, 7) is 2.18. The number of imidazole rings is 1. The summed E-state index contributed by atoms with van der Waals surface area (Å²) in [5.41, 5.74) is 2.02. The van der Waals surface area contributed by atoms with Crippen LogP contribution in [0.15, 0.2) is 22.1 Å². The van der Waals surface area contributed by atoms with Crippen molar-refractivity contribution >= 4 is 33.0 Å². The van der Waals surface area contributed by atoms with Crippen LogP contribution in [-0.2, 0) is 23.6 Å². The van der Waals surface area contributed by atoms with Gasteiger partial charge in [-0.05, 0) is 28.8 Å². The SMILES string of the molecule is Cc1cscc1CNS(=O)(=O)c1ncn(C)c1Cl. The van der Waals surface area contributed by atoms with Crippen LogP contribution in [0.5, 0.6) is 0 Å². The minimum absolute atomic E-state index is 0.101.